The molecule has 7 nitrogen and oxygen atoms in total. The third-order valence-electron chi connectivity index (χ3n) is 5.69. The number of hydrogen-bond donors (Lipinski definition) is 3. The first-order valence-corrected chi connectivity index (χ1v) is 10.2. The van der Waals surface area contributed by atoms with Gasteiger partial charge in [-0.1, -0.05) is 11.6 Å². The van der Waals surface area contributed by atoms with Crippen LogP contribution in [0.1, 0.15) is 50.4 Å². The molecule has 2 unspecified atom stereocenters. The average molecular weight is 396 g/mol. The average Bonchev–Trinajstić information content (AvgIpc) is 3.46. The number of piperidine rings is 1. The van der Waals surface area contributed by atoms with E-state index in [0.717, 1.165) is 57.2 Å². The van der Waals surface area contributed by atoms with Crippen molar-refractivity contribution in [2.45, 2.75) is 64.6 Å². The summed E-state index contributed by atoms with van der Waals surface area (Å²) in [7, 11) is 0. The molecular formula is C19H30ClN5O2. The summed E-state index contributed by atoms with van der Waals surface area (Å²) in [6.45, 7) is 5.12. The smallest absolute Gasteiger partial charge is 0.239 e. The predicted molar refractivity (Wildman–Crippen MR) is 105 cm³/mol. The van der Waals surface area contributed by atoms with E-state index >= 15 is 0 Å². The van der Waals surface area contributed by atoms with Crippen LogP contribution in [-0.2, 0) is 11.2 Å². The molecule has 0 spiro atoms. The van der Waals surface area contributed by atoms with Crippen molar-refractivity contribution in [3.05, 3.63) is 16.5 Å². The number of nitrogens with two attached hydrogens (primary N) is 1. The number of aliphatic hydroxyl groups is 1. The van der Waals surface area contributed by atoms with Crippen molar-refractivity contribution in [2.24, 2.45) is 11.8 Å². The maximum Gasteiger partial charge on any atom is 0.239 e. The number of rotatable bonds is 7. The Kier molecular flexibility index (Phi) is 6.55. The van der Waals surface area contributed by atoms with Gasteiger partial charge in [-0.2, -0.15) is 0 Å². The Labute approximate surface area is 165 Å². The van der Waals surface area contributed by atoms with E-state index in [4.69, 9.17) is 17.3 Å². The molecule has 1 saturated heterocycles. The van der Waals surface area contributed by atoms with Crippen LogP contribution in [0.15, 0.2) is 0 Å². The molecule has 2 heterocycles. The first kappa shape index (κ1) is 20.3. The Morgan fingerprint density at radius 1 is 1.33 bits per heavy atom. The molecule has 1 saturated carbocycles. The number of carbonyl (C=O) groups is 1. The second-order valence-electron chi connectivity index (χ2n) is 7.90. The second-order valence-corrected chi connectivity index (χ2v) is 8.26. The number of aliphatic hydroxyl groups excluding tert-OH is 1. The van der Waals surface area contributed by atoms with Crippen molar-refractivity contribution >= 4 is 23.3 Å². The van der Waals surface area contributed by atoms with E-state index < -0.39 is 6.23 Å². The van der Waals surface area contributed by atoms with Crippen molar-refractivity contribution in [1.82, 2.24) is 20.2 Å². The predicted octanol–water partition coefficient (Wildman–Crippen LogP) is 1.90. The molecule has 2 aliphatic rings. The molecule has 27 heavy (non-hydrogen) atoms. The molecule has 4 N–H and O–H groups in total. The SMILES string of the molecule is Cc1nc(N)c(CCC2CCN(C(=O)C(C)NC(O)C3CC3)CC2)c(Cl)n1. The summed E-state index contributed by atoms with van der Waals surface area (Å²) in [5.74, 6) is 1.98. The van der Waals surface area contributed by atoms with Crippen LogP contribution in [0.4, 0.5) is 5.82 Å². The van der Waals surface area contributed by atoms with Crippen LogP contribution in [0.3, 0.4) is 0 Å². The lowest BCUT2D eigenvalue weighted by Gasteiger charge is -2.34. The lowest BCUT2D eigenvalue weighted by Crippen LogP contribution is -2.51. The Morgan fingerprint density at radius 3 is 2.59 bits per heavy atom. The van der Waals surface area contributed by atoms with Crippen LogP contribution in [0, 0.1) is 18.8 Å². The van der Waals surface area contributed by atoms with Crippen LogP contribution >= 0.6 is 11.6 Å². The fourth-order valence-corrected chi connectivity index (χ4v) is 4.07. The third-order valence-corrected chi connectivity index (χ3v) is 6.00. The Morgan fingerprint density at radius 2 is 2.00 bits per heavy atom. The summed E-state index contributed by atoms with van der Waals surface area (Å²) in [4.78, 5) is 22.9. The maximum atomic E-state index is 12.6. The summed E-state index contributed by atoms with van der Waals surface area (Å²) in [6, 6.07) is -0.347. The van der Waals surface area contributed by atoms with E-state index in [1.807, 2.05) is 11.8 Å². The number of nitrogen functional groups attached to an aromatic ring is 1. The zero-order valence-electron chi connectivity index (χ0n) is 16.1. The minimum Gasteiger partial charge on any atom is -0.383 e. The van der Waals surface area contributed by atoms with Gasteiger partial charge in [0.1, 0.15) is 23.0 Å². The van der Waals surface area contributed by atoms with E-state index in [-0.39, 0.29) is 11.9 Å². The first-order chi connectivity index (χ1) is 12.8. The first-order valence-electron chi connectivity index (χ1n) is 9.86. The van der Waals surface area contributed by atoms with Gasteiger partial charge in [0, 0.05) is 18.7 Å². The summed E-state index contributed by atoms with van der Waals surface area (Å²) in [5, 5.41) is 13.5. The van der Waals surface area contributed by atoms with Gasteiger partial charge in [-0.15, -0.1) is 0 Å². The molecule has 0 aromatic carbocycles. The minimum absolute atomic E-state index is 0.0763. The van der Waals surface area contributed by atoms with Crippen LogP contribution < -0.4 is 11.1 Å². The molecule has 0 bridgehead atoms. The van der Waals surface area contributed by atoms with Crippen molar-refractivity contribution in [3.63, 3.8) is 0 Å². The molecule has 150 valence electrons. The Bertz CT molecular complexity index is 651. The van der Waals surface area contributed by atoms with Gasteiger partial charge < -0.3 is 15.7 Å². The zero-order valence-corrected chi connectivity index (χ0v) is 16.9. The molecule has 2 fully saturated rings. The van der Waals surface area contributed by atoms with Gasteiger partial charge in [0.25, 0.3) is 0 Å². The molecule has 1 aromatic heterocycles. The van der Waals surface area contributed by atoms with Crippen molar-refractivity contribution in [3.8, 4) is 0 Å². The van der Waals surface area contributed by atoms with Crippen LogP contribution in [0.5, 0.6) is 0 Å². The topological polar surface area (TPSA) is 104 Å². The maximum absolute atomic E-state index is 12.6. The molecule has 1 aliphatic heterocycles. The second kappa shape index (κ2) is 8.71. The number of nitrogens with zero attached hydrogens (tertiary/aromatic N) is 3. The highest BCUT2D eigenvalue weighted by Gasteiger charge is 2.33. The van der Waals surface area contributed by atoms with E-state index in [1.54, 1.807) is 6.92 Å². The number of hydrogen-bond acceptors (Lipinski definition) is 6. The van der Waals surface area contributed by atoms with Gasteiger partial charge in [-0.3, -0.25) is 10.1 Å². The number of aromatic nitrogens is 2. The quantitative estimate of drug-likeness (QED) is 0.481. The Hall–Kier alpha value is -1.44. The van der Waals surface area contributed by atoms with Crippen molar-refractivity contribution in [1.29, 1.82) is 0 Å². The normalized spacial score (nSPS) is 20.5. The van der Waals surface area contributed by atoms with Gasteiger partial charge in [-0.25, -0.2) is 9.97 Å². The molecule has 8 heteroatoms. The van der Waals surface area contributed by atoms with Crippen molar-refractivity contribution < 1.29 is 9.90 Å². The molecule has 2 atom stereocenters. The summed E-state index contributed by atoms with van der Waals surface area (Å²) >= 11 is 6.21. The highest BCUT2D eigenvalue weighted by molar-refractivity contribution is 6.30. The summed E-state index contributed by atoms with van der Waals surface area (Å²) in [5.41, 5.74) is 6.81. The van der Waals surface area contributed by atoms with E-state index in [0.29, 0.717) is 28.6 Å². The zero-order chi connectivity index (χ0) is 19.6. The molecule has 1 aromatic rings. The van der Waals surface area contributed by atoms with E-state index in [1.165, 1.54) is 0 Å². The summed E-state index contributed by atoms with van der Waals surface area (Å²) < 4.78 is 0. The number of likely N-dealkylation sites (tertiary alicyclic amines) is 1. The minimum atomic E-state index is -0.562. The highest BCUT2D eigenvalue weighted by atomic mass is 35.5. The van der Waals surface area contributed by atoms with Gasteiger partial charge in [0.05, 0.1) is 6.04 Å². The fraction of sp³-hybridized carbons (Fsp3) is 0.737. The number of halogens is 1. The fourth-order valence-electron chi connectivity index (χ4n) is 3.75. The standard InChI is InChI=1S/C19H30ClN5O2/c1-11(22-18(26)14-4-5-14)19(27)25-9-7-13(8-10-25)3-6-15-16(20)23-12(2)24-17(15)21/h11,13-14,18,22,26H,3-10H2,1-2H3,(H2,21,23,24). The monoisotopic (exact) mass is 395 g/mol. The van der Waals surface area contributed by atoms with Crippen LogP contribution in [0.25, 0.3) is 0 Å². The number of aryl methyl sites for hydroxylation is 1. The summed E-state index contributed by atoms with van der Waals surface area (Å²) in [6.07, 6.45) is 5.18. The lowest BCUT2D eigenvalue weighted by molar-refractivity contribution is -0.135. The van der Waals surface area contributed by atoms with Gasteiger partial charge >= 0.3 is 0 Å². The van der Waals surface area contributed by atoms with E-state index in [2.05, 4.69) is 15.3 Å². The van der Waals surface area contributed by atoms with Crippen LogP contribution in [-0.4, -0.2) is 51.2 Å². The van der Waals surface area contributed by atoms with Crippen molar-refractivity contribution in [2.75, 3.05) is 18.8 Å². The third kappa shape index (κ3) is 5.30. The number of carbonyl (C=O) groups excluding carboxylic acids is 1. The lowest BCUT2D eigenvalue weighted by atomic mass is 9.90. The number of nitrogens with one attached hydrogen (secondary N) is 1. The number of anilines is 1. The molecular weight excluding hydrogens is 366 g/mol. The number of amides is 1. The van der Waals surface area contributed by atoms with Gasteiger partial charge in [0.15, 0.2) is 0 Å². The highest BCUT2D eigenvalue weighted by Crippen LogP contribution is 2.31. The largest absolute Gasteiger partial charge is 0.383 e. The molecule has 1 aliphatic carbocycles. The molecule has 0 radical (unpaired) electrons. The van der Waals surface area contributed by atoms with Gasteiger partial charge in [0.2, 0.25) is 5.91 Å². The molecule has 1 amide bonds. The van der Waals surface area contributed by atoms with E-state index in [9.17, 15) is 9.90 Å². The Balaban J connectivity index is 1.44. The van der Waals surface area contributed by atoms with Gasteiger partial charge in [-0.05, 0) is 64.2 Å². The molecule has 3 rings (SSSR count). The van der Waals surface area contributed by atoms with Crippen LogP contribution in [0.2, 0.25) is 5.15 Å².